The zero-order chi connectivity index (χ0) is 25.6. The molecule has 0 amide bonds. The summed E-state index contributed by atoms with van der Waals surface area (Å²) in [7, 11) is 0. The Morgan fingerprint density at radius 3 is 1.92 bits per heavy atom. The third-order valence-electron chi connectivity index (χ3n) is 6.88. The summed E-state index contributed by atoms with van der Waals surface area (Å²) in [6, 6.07) is 20.3. The highest BCUT2D eigenvalue weighted by molar-refractivity contribution is 5.97. The van der Waals surface area contributed by atoms with Crippen molar-refractivity contribution in [3.8, 4) is 11.5 Å². The number of fused-ring (bicyclic) bond motifs is 1. The van der Waals surface area contributed by atoms with Crippen LogP contribution in [0.4, 0.5) is 0 Å². The van der Waals surface area contributed by atoms with E-state index in [0.29, 0.717) is 6.61 Å². The minimum atomic E-state index is 0.0817. The van der Waals surface area contributed by atoms with Crippen molar-refractivity contribution in [2.24, 2.45) is 5.92 Å². The van der Waals surface area contributed by atoms with Crippen LogP contribution in [-0.2, 0) is 6.61 Å². The molecule has 0 aliphatic rings. The molecule has 0 heterocycles. The molecule has 0 spiro atoms. The molecule has 0 N–H and O–H groups in total. The lowest BCUT2D eigenvalue weighted by atomic mass is 9.93. The van der Waals surface area contributed by atoms with E-state index in [9.17, 15) is 4.79 Å². The van der Waals surface area contributed by atoms with Crippen molar-refractivity contribution in [2.45, 2.75) is 91.6 Å². The van der Waals surface area contributed by atoms with Crippen molar-refractivity contribution in [2.75, 3.05) is 6.61 Å². The van der Waals surface area contributed by atoms with E-state index in [0.717, 1.165) is 59.3 Å². The van der Waals surface area contributed by atoms with Crippen LogP contribution >= 0.6 is 0 Å². The summed E-state index contributed by atoms with van der Waals surface area (Å²) in [6.07, 6.45) is 12.0. The molecule has 0 aromatic heterocycles. The number of carbonyl (C=O) groups excluding carboxylic acids is 1. The summed E-state index contributed by atoms with van der Waals surface area (Å²) in [4.78, 5) is 12.7. The Labute approximate surface area is 218 Å². The van der Waals surface area contributed by atoms with E-state index in [1.54, 1.807) is 0 Å². The zero-order valence-electron chi connectivity index (χ0n) is 22.6. The maximum absolute atomic E-state index is 12.7. The highest BCUT2D eigenvalue weighted by atomic mass is 16.5. The van der Waals surface area contributed by atoms with Gasteiger partial charge >= 0.3 is 0 Å². The molecule has 0 radical (unpaired) electrons. The van der Waals surface area contributed by atoms with Gasteiger partial charge < -0.3 is 9.47 Å². The number of ketones is 1. The molecule has 3 nitrogen and oxygen atoms in total. The van der Waals surface area contributed by atoms with Crippen molar-refractivity contribution in [3.63, 3.8) is 0 Å². The smallest absolute Gasteiger partial charge is 0.165 e. The minimum Gasteiger partial charge on any atom is -0.494 e. The fourth-order valence-corrected chi connectivity index (χ4v) is 4.50. The number of unbranched alkanes of at least 4 members (excludes halogenated alkanes) is 7. The second kappa shape index (κ2) is 15.3. The van der Waals surface area contributed by atoms with Crippen LogP contribution in [0, 0.1) is 5.92 Å². The first-order valence-electron chi connectivity index (χ1n) is 14.0. The second-order valence-electron chi connectivity index (χ2n) is 10.0. The SMILES string of the molecule is CCCCCCCOc1ccc2cc(OCc3ccc(C(=O)[C@H](C)CCCCCC)cc3)ccc2c1. The molecule has 1 atom stereocenters. The number of hydrogen-bond acceptors (Lipinski definition) is 3. The highest BCUT2D eigenvalue weighted by Crippen LogP contribution is 2.26. The first-order chi connectivity index (χ1) is 17.6. The van der Waals surface area contributed by atoms with E-state index in [2.05, 4.69) is 45.0 Å². The monoisotopic (exact) mass is 488 g/mol. The van der Waals surface area contributed by atoms with Gasteiger partial charge in [0.25, 0.3) is 0 Å². The highest BCUT2D eigenvalue weighted by Gasteiger charge is 2.14. The summed E-state index contributed by atoms with van der Waals surface area (Å²) >= 11 is 0. The van der Waals surface area contributed by atoms with Gasteiger partial charge in [0, 0.05) is 11.5 Å². The van der Waals surface area contributed by atoms with E-state index in [4.69, 9.17) is 9.47 Å². The number of benzene rings is 3. The lowest BCUT2D eigenvalue weighted by molar-refractivity contribution is 0.0922. The molecule has 0 aliphatic carbocycles. The number of Topliss-reactive ketones (excluding diaryl/α,β-unsaturated/α-hetero) is 1. The van der Waals surface area contributed by atoms with E-state index in [1.165, 1.54) is 44.9 Å². The lowest BCUT2D eigenvalue weighted by Gasteiger charge is -2.12. The number of rotatable bonds is 17. The zero-order valence-corrected chi connectivity index (χ0v) is 22.6. The van der Waals surface area contributed by atoms with Gasteiger partial charge in [-0.15, -0.1) is 0 Å². The summed E-state index contributed by atoms with van der Waals surface area (Å²) in [5.74, 6) is 2.09. The quantitative estimate of drug-likeness (QED) is 0.140. The Balaban J connectivity index is 1.47. The second-order valence-corrected chi connectivity index (χ2v) is 10.0. The van der Waals surface area contributed by atoms with Gasteiger partial charge in [0.2, 0.25) is 0 Å². The molecule has 0 fully saturated rings. The molecule has 0 unspecified atom stereocenters. The van der Waals surface area contributed by atoms with Gasteiger partial charge in [-0.1, -0.05) is 109 Å². The fraction of sp³-hybridized carbons (Fsp3) is 0.485. The van der Waals surface area contributed by atoms with Gasteiger partial charge in [-0.2, -0.15) is 0 Å². The lowest BCUT2D eigenvalue weighted by Crippen LogP contribution is -2.11. The Morgan fingerprint density at radius 2 is 1.28 bits per heavy atom. The molecule has 0 bridgehead atoms. The fourth-order valence-electron chi connectivity index (χ4n) is 4.50. The largest absolute Gasteiger partial charge is 0.494 e. The van der Waals surface area contributed by atoms with Gasteiger partial charge in [-0.3, -0.25) is 4.79 Å². The molecule has 3 aromatic rings. The van der Waals surface area contributed by atoms with Gasteiger partial charge in [0.15, 0.2) is 5.78 Å². The average Bonchev–Trinajstić information content (AvgIpc) is 2.91. The molecule has 0 saturated carbocycles. The van der Waals surface area contributed by atoms with Crippen molar-refractivity contribution in [1.29, 1.82) is 0 Å². The van der Waals surface area contributed by atoms with E-state index < -0.39 is 0 Å². The number of hydrogen-bond donors (Lipinski definition) is 0. The van der Waals surface area contributed by atoms with Crippen LogP contribution in [0.1, 0.15) is 101 Å². The van der Waals surface area contributed by atoms with Crippen LogP contribution in [0.5, 0.6) is 11.5 Å². The van der Waals surface area contributed by atoms with Crippen molar-refractivity contribution >= 4 is 16.6 Å². The predicted octanol–water partition coefficient (Wildman–Crippen LogP) is 9.56. The van der Waals surface area contributed by atoms with Gasteiger partial charge in [-0.05, 0) is 53.4 Å². The van der Waals surface area contributed by atoms with Gasteiger partial charge in [-0.25, -0.2) is 0 Å². The summed E-state index contributed by atoms with van der Waals surface area (Å²) in [5, 5.41) is 2.29. The first-order valence-corrected chi connectivity index (χ1v) is 14.0. The summed E-state index contributed by atoms with van der Waals surface area (Å²) in [6.45, 7) is 7.75. The third kappa shape index (κ3) is 9.00. The van der Waals surface area contributed by atoms with Crippen molar-refractivity contribution in [3.05, 3.63) is 71.8 Å². The van der Waals surface area contributed by atoms with E-state index in [1.807, 2.05) is 36.4 Å². The summed E-state index contributed by atoms with van der Waals surface area (Å²) in [5.41, 5.74) is 1.86. The number of carbonyl (C=O) groups is 1. The topological polar surface area (TPSA) is 35.5 Å². The van der Waals surface area contributed by atoms with Gasteiger partial charge in [0.1, 0.15) is 18.1 Å². The first kappa shape index (κ1) is 27.8. The predicted molar refractivity (Wildman–Crippen MR) is 151 cm³/mol. The Hall–Kier alpha value is -2.81. The van der Waals surface area contributed by atoms with Crippen molar-refractivity contribution in [1.82, 2.24) is 0 Å². The van der Waals surface area contributed by atoms with E-state index >= 15 is 0 Å². The molecule has 3 heteroatoms. The molecule has 36 heavy (non-hydrogen) atoms. The van der Waals surface area contributed by atoms with Crippen LogP contribution in [0.2, 0.25) is 0 Å². The molecular formula is C33H44O3. The Bertz CT molecular complexity index is 1050. The molecule has 3 aromatic carbocycles. The maximum atomic E-state index is 12.7. The third-order valence-corrected chi connectivity index (χ3v) is 6.88. The van der Waals surface area contributed by atoms with Crippen LogP contribution in [0.25, 0.3) is 10.8 Å². The molecule has 0 saturated heterocycles. The maximum Gasteiger partial charge on any atom is 0.165 e. The Kier molecular flexibility index (Phi) is 11.8. The minimum absolute atomic E-state index is 0.0817. The Morgan fingerprint density at radius 1 is 0.694 bits per heavy atom. The van der Waals surface area contributed by atoms with Crippen LogP contribution in [-0.4, -0.2) is 12.4 Å². The van der Waals surface area contributed by atoms with Crippen LogP contribution in [0.3, 0.4) is 0 Å². The van der Waals surface area contributed by atoms with Gasteiger partial charge in [0.05, 0.1) is 6.61 Å². The van der Waals surface area contributed by atoms with Crippen LogP contribution in [0.15, 0.2) is 60.7 Å². The normalized spacial score (nSPS) is 12.0. The molecular weight excluding hydrogens is 444 g/mol. The standard InChI is InChI=1S/C33H44O3/c1-4-6-8-10-12-22-35-31-20-18-30-24-32(21-19-29(30)23-31)36-25-27-14-16-28(17-15-27)33(34)26(3)13-11-9-7-5-2/h14-21,23-24,26H,4-13,22,25H2,1-3H3/t26-/m1/s1. The molecule has 3 rings (SSSR count). The van der Waals surface area contributed by atoms with Crippen LogP contribution < -0.4 is 9.47 Å². The van der Waals surface area contributed by atoms with Crippen molar-refractivity contribution < 1.29 is 14.3 Å². The molecule has 194 valence electrons. The van der Waals surface area contributed by atoms with E-state index in [-0.39, 0.29) is 11.7 Å². The average molecular weight is 489 g/mol. The summed E-state index contributed by atoms with van der Waals surface area (Å²) < 4.78 is 12.0. The number of ether oxygens (including phenoxy) is 2. The molecule has 0 aliphatic heterocycles.